The van der Waals surface area contributed by atoms with Crippen LogP contribution in [0.4, 0.5) is 15.8 Å². The number of benzene rings is 2. The summed E-state index contributed by atoms with van der Waals surface area (Å²) in [7, 11) is 2.83. The van der Waals surface area contributed by atoms with Crippen LogP contribution in [0.3, 0.4) is 0 Å². The number of rotatable bonds is 5. The van der Waals surface area contributed by atoms with Crippen molar-refractivity contribution in [3.05, 3.63) is 47.8 Å². The number of methoxy groups -OCH3 is 2. The van der Waals surface area contributed by atoms with Crippen LogP contribution in [0.2, 0.25) is 0 Å². The normalized spacial score (nSPS) is 10.0. The van der Waals surface area contributed by atoms with Gasteiger partial charge in [-0.25, -0.2) is 4.39 Å². The first-order valence-corrected chi connectivity index (χ1v) is 7.05. The topological polar surface area (TPSA) is 76.7 Å². The lowest BCUT2D eigenvalue weighted by Gasteiger charge is -2.13. The molecule has 0 aliphatic heterocycles. The summed E-state index contributed by atoms with van der Waals surface area (Å²) in [5.74, 6) is -0.910. The molecule has 0 radical (unpaired) electrons. The van der Waals surface area contributed by atoms with Gasteiger partial charge in [0.2, 0.25) is 5.91 Å². The first kappa shape index (κ1) is 17.3. The van der Waals surface area contributed by atoms with Crippen LogP contribution in [0.5, 0.6) is 11.5 Å². The van der Waals surface area contributed by atoms with E-state index in [1.54, 1.807) is 18.2 Å². The van der Waals surface area contributed by atoms with Crippen LogP contribution < -0.4 is 20.1 Å². The summed E-state index contributed by atoms with van der Waals surface area (Å²) in [6, 6.07) is 8.69. The van der Waals surface area contributed by atoms with Crippen molar-refractivity contribution in [1.82, 2.24) is 0 Å². The largest absolute Gasteiger partial charge is 0.497 e. The highest BCUT2D eigenvalue weighted by Crippen LogP contribution is 2.28. The highest BCUT2D eigenvalue weighted by Gasteiger charge is 2.13. The zero-order chi connectivity index (χ0) is 17.7. The number of nitrogens with one attached hydrogen (secondary N) is 2. The summed E-state index contributed by atoms with van der Waals surface area (Å²) < 4.78 is 23.7. The number of halogens is 1. The SMILES string of the molecule is COc1ccc(NC(C)=O)c(NC(=O)c2ccc(OC)c(F)c2)c1. The predicted molar refractivity (Wildman–Crippen MR) is 88.2 cm³/mol. The quantitative estimate of drug-likeness (QED) is 0.882. The molecule has 0 aliphatic rings. The molecular formula is C17H17FN2O4. The van der Waals surface area contributed by atoms with Crippen molar-refractivity contribution in [3.8, 4) is 11.5 Å². The maximum absolute atomic E-state index is 13.7. The van der Waals surface area contributed by atoms with E-state index in [0.29, 0.717) is 17.1 Å². The molecule has 6 nitrogen and oxygen atoms in total. The van der Waals surface area contributed by atoms with E-state index in [1.165, 1.54) is 33.3 Å². The van der Waals surface area contributed by atoms with Crippen LogP contribution >= 0.6 is 0 Å². The van der Waals surface area contributed by atoms with E-state index >= 15 is 0 Å². The molecular weight excluding hydrogens is 315 g/mol. The van der Waals surface area contributed by atoms with E-state index in [9.17, 15) is 14.0 Å². The molecule has 2 aromatic carbocycles. The van der Waals surface area contributed by atoms with Gasteiger partial charge in [-0.1, -0.05) is 0 Å². The third-order valence-corrected chi connectivity index (χ3v) is 3.20. The zero-order valence-electron chi connectivity index (χ0n) is 13.5. The van der Waals surface area contributed by atoms with Gasteiger partial charge in [0, 0.05) is 18.6 Å². The van der Waals surface area contributed by atoms with Gasteiger partial charge in [-0.2, -0.15) is 0 Å². The highest BCUT2D eigenvalue weighted by molar-refractivity contribution is 6.07. The Bertz CT molecular complexity index is 777. The molecule has 2 amide bonds. The maximum Gasteiger partial charge on any atom is 0.255 e. The average molecular weight is 332 g/mol. The molecule has 2 rings (SSSR count). The number of hydrogen-bond acceptors (Lipinski definition) is 4. The van der Waals surface area contributed by atoms with Crippen LogP contribution in [0.25, 0.3) is 0 Å². The standard InChI is InChI=1S/C17H17FN2O4/c1-10(21)19-14-6-5-12(23-2)9-15(14)20-17(22)11-4-7-16(24-3)13(18)8-11/h4-9H,1-3H3,(H,19,21)(H,20,22). The molecule has 0 saturated heterocycles. The molecule has 0 unspecified atom stereocenters. The fraction of sp³-hybridized carbons (Fsp3) is 0.176. The first-order chi connectivity index (χ1) is 11.4. The fourth-order valence-corrected chi connectivity index (χ4v) is 2.05. The molecule has 0 saturated carbocycles. The Morgan fingerprint density at radius 2 is 1.71 bits per heavy atom. The monoisotopic (exact) mass is 332 g/mol. The Hall–Kier alpha value is -3.09. The minimum atomic E-state index is -0.641. The molecule has 24 heavy (non-hydrogen) atoms. The number of amides is 2. The molecule has 0 heterocycles. The molecule has 2 aromatic rings. The molecule has 0 aromatic heterocycles. The summed E-state index contributed by atoms with van der Waals surface area (Å²) in [6.07, 6.45) is 0. The number of anilines is 2. The van der Waals surface area contributed by atoms with E-state index in [0.717, 1.165) is 6.07 Å². The van der Waals surface area contributed by atoms with Gasteiger partial charge >= 0.3 is 0 Å². The second-order valence-electron chi connectivity index (χ2n) is 4.90. The number of carbonyl (C=O) groups is 2. The Morgan fingerprint density at radius 3 is 2.29 bits per heavy atom. The Labute approximate surface area is 138 Å². The lowest BCUT2D eigenvalue weighted by atomic mass is 10.1. The number of hydrogen-bond donors (Lipinski definition) is 2. The molecule has 7 heteroatoms. The highest BCUT2D eigenvalue weighted by atomic mass is 19.1. The van der Waals surface area contributed by atoms with Gasteiger partial charge < -0.3 is 20.1 Å². The molecule has 0 atom stereocenters. The smallest absolute Gasteiger partial charge is 0.255 e. The van der Waals surface area contributed by atoms with Crippen LogP contribution in [-0.2, 0) is 4.79 Å². The van der Waals surface area contributed by atoms with Gasteiger partial charge in [-0.05, 0) is 30.3 Å². The van der Waals surface area contributed by atoms with Crippen molar-refractivity contribution in [1.29, 1.82) is 0 Å². The third-order valence-electron chi connectivity index (χ3n) is 3.20. The average Bonchev–Trinajstić information content (AvgIpc) is 2.55. The van der Waals surface area contributed by atoms with Gasteiger partial charge in [-0.15, -0.1) is 0 Å². The van der Waals surface area contributed by atoms with Crippen molar-refractivity contribution in [2.45, 2.75) is 6.92 Å². The third kappa shape index (κ3) is 4.01. The summed E-state index contributed by atoms with van der Waals surface area (Å²) in [4.78, 5) is 23.6. The molecule has 0 aliphatic carbocycles. The molecule has 126 valence electrons. The van der Waals surface area contributed by atoms with Crippen LogP contribution in [0.1, 0.15) is 17.3 Å². The summed E-state index contributed by atoms with van der Waals surface area (Å²) >= 11 is 0. The van der Waals surface area contributed by atoms with E-state index in [-0.39, 0.29) is 17.2 Å². The fourth-order valence-electron chi connectivity index (χ4n) is 2.05. The Kier molecular flexibility index (Phi) is 5.36. The van der Waals surface area contributed by atoms with Crippen molar-refractivity contribution in [3.63, 3.8) is 0 Å². The van der Waals surface area contributed by atoms with Crippen molar-refractivity contribution >= 4 is 23.2 Å². The maximum atomic E-state index is 13.7. The Morgan fingerprint density at radius 1 is 0.958 bits per heavy atom. The van der Waals surface area contributed by atoms with Gasteiger partial charge in [-0.3, -0.25) is 9.59 Å². The van der Waals surface area contributed by atoms with E-state index in [1.807, 2.05) is 0 Å². The second kappa shape index (κ2) is 7.45. The first-order valence-electron chi connectivity index (χ1n) is 7.05. The number of ether oxygens (including phenoxy) is 2. The van der Waals surface area contributed by atoms with Crippen molar-refractivity contribution in [2.24, 2.45) is 0 Å². The molecule has 2 N–H and O–H groups in total. The summed E-state index contributed by atoms with van der Waals surface area (Å²) in [6.45, 7) is 1.36. The molecule has 0 bridgehead atoms. The lowest BCUT2D eigenvalue weighted by Crippen LogP contribution is -2.15. The van der Waals surface area contributed by atoms with Crippen LogP contribution in [0.15, 0.2) is 36.4 Å². The van der Waals surface area contributed by atoms with E-state index in [4.69, 9.17) is 9.47 Å². The van der Waals surface area contributed by atoms with Crippen molar-refractivity contribution in [2.75, 3.05) is 24.9 Å². The lowest BCUT2D eigenvalue weighted by molar-refractivity contribution is -0.114. The minimum absolute atomic E-state index is 0.0480. The second-order valence-corrected chi connectivity index (χ2v) is 4.90. The predicted octanol–water partition coefficient (Wildman–Crippen LogP) is 3.05. The molecule has 0 spiro atoms. The van der Waals surface area contributed by atoms with Crippen LogP contribution in [-0.4, -0.2) is 26.0 Å². The summed E-state index contributed by atoms with van der Waals surface area (Å²) in [5.41, 5.74) is 0.862. The number of carbonyl (C=O) groups excluding carboxylic acids is 2. The molecule has 0 fully saturated rings. The van der Waals surface area contributed by atoms with E-state index < -0.39 is 11.7 Å². The van der Waals surface area contributed by atoms with Gasteiger partial charge in [0.1, 0.15) is 5.75 Å². The minimum Gasteiger partial charge on any atom is -0.497 e. The van der Waals surface area contributed by atoms with Crippen molar-refractivity contribution < 1.29 is 23.5 Å². The summed E-state index contributed by atoms with van der Waals surface area (Å²) in [5, 5.41) is 5.24. The zero-order valence-corrected chi connectivity index (χ0v) is 13.5. The van der Waals surface area contributed by atoms with Gasteiger partial charge in [0.25, 0.3) is 5.91 Å². The van der Waals surface area contributed by atoms with Crippen LogP contribution in [0, 0.1) is 5.82 Å². The van der Waals surface area contributed by atoms with Gasteiger partial charge in [0.05, 0.1) is 25.6 Å². The van der Waals surface area contributed by atoms with E-state index in [2.05, 4.69) is 10.6 Å². The van der Waals surface area contributed by atoms with Gasteiger partial charge in [0.15, 0.2) is 11.6 Å². The Balaban J connectivity index is 2.30.